The fourth-order valence-electron chi connectivity index (χ4n) is 3.10. The Morgan fingerprint density at radius 1 is 0.889 bits per heavy atom. The van der Waals surface area contributed by atoms with E-state index < -0.39 is 4.92 Å². The molecule has 3 aromatic rings. The van der Waals surface area contributed by atoms with E-state index in [0.29, 0.717) is 10.8 Å². The lowest BCUT2D eigenvalue weighted by molar-refractivity contribution is -0.385. The number of benzene rings is 3. The fourth-order valence-corrected chi connectivity index (χ4v) is 3.27. The molecule has 0 fully saturated rings. The van der Waals surface area contributed by atoms with E-state index in [1.165, 1.54) is 16.7 Å². The van der Waals surface area contributed by atoms with Gasteiger partial charge in [-0.25, -0.2) is 0 Å². The molecule has 4 nitrogen and oxygen atoms in total. The minimum Gasteiger partial charge on any atom is -0.449 e. The van der Waals surface area contributed by atoms with Gasteiger partial charge >= 0.3 is 5.69 Å². The summed E-state index contributed by atoms with van der Waals surface area (Å²) in [4.78, 5) is 11.1. The molecule has 0 unspecified atom stereocenters. The Morgan fingerprint density at radius 2 is 1.56 bits per heavy atom. The molecule has 0 aliphatic carbocycles. The average molecular weight is 382 g/mol. The lowest BCUT2D eigenvalue weighted by Crippen LogP contribution is -1.98. The monoisotopic (exact) mass is 381 g/mol. The third-order valence-corrected chi connectivity index (χ3v) is 4.57. The molecular weight excluding hydrogens is 362 g/mol. The number of hydrogen-bond acceptors (Lipinski definition) is 3. The highest BCUT2D eigenvalue weighted by Gasteiger charge is 2.17. The Morgan fingerprint density at radius 3 is 2.22 bits per heavy atom. The summed E-state index contributed by atoms with van der Waals surface area (Å²) in [6.45, 7) is 4.14. The Balaban J connectivity index is 1.81. The molecular formula is C22H20ClNO3. The van der Waals surface area contributed by atoms with E-state index in [1.807, 2.05) is 6.07 Å². The van der Waals surface area contributed by atoms with Crippen LogP contribution in [0.25, 0.3) is 0 Å². The van der Waals surface area contributed by atoms with Crippen LogP contribution in [0.3, 0.4) is 0 Å². The third kappa shape index (κ3) is 4.86. The number of rotatable bonds is 6. The van der Waals surface area contributed by atoms with Gasteiger partial charge in [-0.2, -0.15) is 0 Å². The van der Waals surface area contributed by atoms with Gasteiger partial charge in [-0.05, 0) is 56.0 Å². The van der Waals surface area contributed by atoms with Crippen LogP contribution in [0.1, 0.15) is 22.3 Å². The summed E-state index contributed by atoms with van der Waals surface area (Å²) in [6.07, 6.45) is 1.54. The summed E-state index contributed by atoms with van der Waals surface area (Å²) in [5.41, 5.74) is 4.51. The highest BCUT2D eigenvalue weighted by atomic mass is 35.5. The molecule has 0 saturated carbocycles. The third-order valence-electron chi connectivity index (χ3n) is 4.26. The van der Waals surface area contributed by atoms with Gasteiger partial charge in [0.1, 0.15) is 5.75 Å². The van der Waals surface area contributed by atoms with Crippen molar-refractivity contribution in [3.63, 3.8) is 0 Å². The maximum atomic E-state index is 11.5. The number of nitrogens with zero attached hydrogens (tertiary/aromatic N) is 1. The Hall–Kier alpha value is -2.85. The zero-order valence-electron chi connectivity index (χ0n) is 15.2. The van der Waals surface area contributed by atoms with Crippen LogP contribution in [0.15, 0.2) is 60.7 Å². The first kappa shape index (κ1) is 18.9. The number of aryl methyl sites for hydroxylation is 4. The van der Waals surface area contributed by atoms with Gasteiger partial charge in [-0.3, -0.25) is 10.1 Å². The first-order valence-electron chi connectivity index (χ1n) is 8.69. The number of halogens is 1. The van der Waals surface area contributed by atoms with Gasteiger partial charge in [0.05, 0.1) is 9.95 Å². The number of ether oxygens (including phenoxy) is 1. The first-order valence-corrected chi connectivity index (χ1v) is 9.07. The lowest BCUT2D eigenvalue weighted by Gasteiger charge is -2.10. The van der Waals surface area contributed by atoms with E-state index >= 15 is 0 Å². The van der Waals surface area contributed by atoms with Crippen LogP contribution in [0, 0.1) is 24.0 Å². The van der Waals surface area contributed by atoms with Crippen LogP contribution >= 0.6 is 11.6 Å². The molecule has 0 radical (unpaired) electrons. The van der Waals surface area contributed by atoms with Crippen molar-refractivity contribution in [2.45, 2.75) is 26.7 Å². The van der Waals surface area contributed by atoms with E-state index in [-0.39, 0.29) is 11.4 Å². The molecule has 0 N–H and O–H groups in total. The predicted octanol–water partition coefficient (Wildman–Crippen LogP) is 6.44. The zero-order valence-corrected chi connectivity index (χ0v) is 16.0. The first-order chi connectivity index (χ1) is 12.9. The van der Waals surface area contributed by atoms with Crippen molar-refractivity contribution in [1.82, 2.24) is 0 Å². The van der Waals surface area contributed by atoms with E-state index in [4.69, 9.17) is 16.3 Å². The number of para-hydroxylation sites is 1. The van der Waals surface area contributed by atoms with Crippen LogP contribution in [0.4, 0.5) is 5.69 Å². The van der Waals surface area contributed by atoms with Crippen molar-refractivity contribution < 1.29 is 9.66 Å². The molecule has 27 heavy (non-hydrogen) atoms. The summed E-state index contributed by atoms with van der Waals surface area (Å²) < 4.78 is 5.68. The molecule has 3 rings (SSSR count). The smallest absolute Gasteiger partial charge is 0.311 e. The quantitative estimate of drug-likeness (QED) is 0.364. The number of nitro benzene ring substituents is 1. The van der Waals surface area contributed by atoms with Gasteiger partial charge in [-0.1, -0.05) is 59.1 Å². The predicted molar refractivity (Wildman–Crippen MR) is 108 cm³/mol. The van der Waals surface area contributed by atoms with Crippen LogP contribution in [0.2, 0.25) is 5.02 Å². The van der Waals surface area contributed by atoms with E-state index in [2.05, 4.69) is 32.0 Å². The molecule has 138 valence electrons. The Bertz CT molecular complexity index is 965. The molecule has 5 heteroatoms. The number of nitro groups is 1. The summed E-state index contributed by atoms with van der Waals surface area (Å²) in [5.74, 6) is 0.577. The normalized spacial score (nSPS) is 10.6. The molecule has 0 aromatic heterocycles. The van der Waals surface area contributed by atoms with E-state index in [9.17, 15) is 10.1 Å². The molecule has 3 aromatic carbocycles. The van der Waals surface area contributed by atoms with Crippen LogP contribution in [-0.4, -0.2) is 4.92 Å². The maximum Gasteiger partial charge on any atom is 0.311 e. The lowest BCUT2D eigenvalue weighted by atomic mass is 10.0. The number of hydrogen-bond donors (Lipinski definition) is 0. The topological polar surface area (TPSA) is 52.4 Å². The SMILES string of the molecule is Cc1cc(C)cc(CCc2ccc(Oc3ccccc3Cl)c([N+](=O)[O-])c2)c1. The van der Waals surface area contributed by atoms with Crippen LogP contribution < -0.4 is 4.74 Å². The fraction of sp³-hybridized carbons (Fsp3) is 0.182. The van der Waals surface area contributed by atoms with Gasteiger partial charge in [0.15, 0.2) is 0 Å². The summed E-state index contributed by atoms with van der Waals surface area (Å²) in [7, 11) is 0. The van der Waals surface area contributed by atoms with Gasteiger partial charge in [-0.15, -0.1) is 0 Å². The van der Waals surface area contributed by atoms with Crippen LogP contribution in [-0.2, 0) is 12.8 Å². The Labute approximate surface area is 163 Å². The minimum atomic E-state index is -0.424. The van der Waals surface area contributed by atoms with Crippen molar-refractivity contribution in [1.29, 1.82) is 0 Å². The summed E-state index contributed by atoms with van der Waals surface area (Å²) in [6, 6.07) is 18.4. The molecule has 0 amide bonds. The zero-order chi connectivity index (χ0) is 19.4. The molecule has 0 saturated heterocycles. The van der Waals surface area contributed by atoms with Crippen LogP contribution in [0.5, 0.6) is 11.5 Å². The summed E-state index contributed by atoms with van der Waals surface area (Å²) >= 11 is 6.09. The standard InChI is InChI=1S/C22H20ClNO3/c1-15-11-16(2)13-18(12-15)8-7-17-9-10-22(20(14-17)24(25)26)27-21-6-4-3-5-19(21)23/h3-6,9-14H,7-8H2,1-2H3. The molecule has 0 aliphatic heterocycles. The van der Waals surface area contributed by atoms with Gasteiger partial charge < -0.3 is 4.74 Å². The van der Waals surface area contributed by atoms with Crippen molar-refractivity contribution >= 4 is 17.3 Å². The Kier molecular flexibility index (Phi) is 5.77. The highest BCUT2D eigenvalue weighted by molar-refractivity contribution is 6.32. The van der Waals surface area contributed by atoms with Crippen molar-refractivity contribution in [2.75, 3.05) is 0 Å². The van der Waals surface area contributed by atoms with Crippen molar-refractivity contribution in [3.05, 3.63) is 98.1 Å². The molecule has 0 spiro atoms. The van der Waals surface area contributed by atoms with Crippen molar-refractivity contribution in [2.24, 2.45) is 0 Å². The highest BCUT2D eigenvalue weighted by Crippen LogP contribution is 2.35. The molecule has 0 heterocycles. The largest absolute Gasteiger partial charge is 0.449 e. The van der Waals surface area contributed by atoms with Crippen molar-refractivity contribution in [3.8, 4) is 11.5 Å². The second-order valence-electron chi connectivity index (χ2n) is 6.59. The van der Waals surface area contributed by atoms with E-state index in [0.717, 1.165) is 18.4 Å². The second kappa shape index (κ2) is 8.23. The molecule has 0 atom stereocenters. The minimum absolute atomic E-state index is 0.0622. The molecule has 0 aliphatic rings. The second-order valence-corrected chi connectivity index (χ2v) is 6.99. The maximum absolute atomic E-state index is 11.5. The van der Waals surface area contributed by atoms with Gasteiger partial charge in [0.25, 0.3) is 0 Å². The summed E-state index contributed by atoms with van der Waals surface area (Å²) in [5, 5.41) is 11.9. The van der Waals surface area contributed by atoms with E-state index in [1.54, 1.807) is 36.4 Å². The van der Waals surface area contributed by atoms with Gasteiger partial charge in [0.2, 0.25) is 5.75 Å². The molecule has 0 bridgehead atoms. The van der Waals surface area contributed by atoms with Gasteiger partial charge in [0, 0.05) is 6.07 Å². The average Bonchev–Trinajstić information content (AvgIpc) is 2.61.